The molecule has 0 aliphatic rings. The molecule has 2 N–H and O–H groups in total. The maximum atomic E-state index is 11.8. The summed E-state index contributed by atoms with van der Waals surface area (Å²) < 4.78 is 40.6. The van der Waals surface area contributed by atoms with Crippen LogP contribution in [-0.4, -0.2) is 31.8 Å². The normalized spacial score (nSPS) is 10.7. The largest absolute Gasteiger partial charge is 0.479 e. The van der Waals surface area contributed by atoms with E-state index in [9.17, 15) is 18.0 Å². The summed E-state index contributed by atoms with van der Waals surface area (Å²) >= 11 is 0. The van der Waals surface area contributed by atoms with Gasteiger partial charge in [-0.2, -0.15) is 18.4 Å². The molecule has 0 saturated heterocycles. The van der Waals surface area contributed by atoms with E-state index in [1.54, 1.807) is 6.07 Å². The Morgan fingerprint density at radius 1 is 1.30 bits per heavy atom. The Morgan fingerprint density at radius 2 is 1.95 bits per heavy atom. The molecular weight excluding hydrogens is 275 g/mol. The summed E-state index contributed by atoms with van der Waals surface area (Å²) in [6.45, 7) is -1.75. The van der Waals surface area contributed by atoms with Crippen molar-refractivity contribution in [1.82, 2.24) is 5.32 Å². The SMILES string of the molecule is N#CCOc1ccc(NC(=O)CNCC(F)(F)F)cc1. The van der Waals surface area contributed by atoms with Gasteiger partial charge in [0.05, 0.1) is 13.1 Å². The first-order valence-electron chi connectivity index (χ1n) is 5.58. The van der Waals surface area contributed by atoms with Crippen molar-refractivity contribution in [1.29, 1.82) is 5.26 Å². The van der Waals surface area contributed by atoms with Gasteiger partial charge >= 0.3 is 6.18 Å². The maximum absolute atomic E-state index is 11.8. The number of carbonyl (C=O) groups excluding carboxylic acids is 1. The number of benzene rings is 1. The minimum Gasteiger partial charge on any atom is -0.479 e. The highest BCUT2D eigenvalue weighted by atomic mass is 19.4. The van der Waals surface area contributed by atoms with Gasteiger partial charge in [-0.25, -0.2) is 0 Å². The topological polar surface area (TPSA) is 74.1 Å². The van der Waals surface area contributed by atoms with Crippen molar-refractivity contribution in [2.45, 2.75) is 6.18 Å². The average Bonchev–Trinajstić information content (AvgIpc) is 2.36. The quantitative estimate of drug-likeness (QED) is 0.834. The lowest BCUT2D eigenvalue weighted by Gasteiger charge is -2.09. The molecule has 108 valence electrons. The van der Waals surface area contributed by atoms with Gasteiger partial charge in [0.1, 0.15) is 11.8 Å². The second-order valence-corrected chi connectivity index (χ2v) is 3.74. The van der Waals surface area contributed by atoms with Crippen LogP contribution in [0.1, 0.15) is 0 Å². The summed E-state index contributed by atoms with van der Waals surface area (Å²) in [5.41, 5.74) is 0.424. The van der Waals surface area contributed by atoms with Crippen LogP contribution in [0.25, 0.3) is 0 Å². The summed E-state index contributed by atoms with van der Waals surface area (Å²) in [5.74, 6) is -0.125. The predicted molar refractivity (Wildman–Crippen MR) is 65.1 cm³/mol. The molecule has 20 heavy (non-hydrogen) atoms. The van der Waals surface area contributed by atoms with Crippen LogP contribution in [-0.2, 0) is 4.79 Å². The fraction of sp³-hybridized carbons (Fsp3) is 0.333. The molecule has 1 rings (SSSR count). The zero-order valence-corrected chi connectivity index (χ0v) is 10.3. The fourth-order valence-electron chi connectivity index (χ4n) is 1.27. The lowest BCUT2D eigenvalue weighted by Crippen LogP contribution is -2.35. The van der Waals surface area contributed by atoms with Crippen molar-refractivity contribution < 1.29 is 22.7 Å². The van der Waals surface area contributed by atoms with Crippen LogP contribution in [0.15, 0.2) is 24.3 Å². The van der Waals surface area contributed by atoms with Gasteiger partial charge in [-0.1, -0.05) is 0 Å². The van der Waals surface area contributed by atoms with Crippen LogP contribution in [0.5, 0.6) is 5.75 Å². The van der Waals surface area contributed by atoms with Crippen molar-refractivity contribution in [3.63, 3.8) is 0 Å². The zero-order valence-electron chi connectivity index (χ0n) is 10.3. The smallest absolute Gasteiger partial charge is 0.401 e. The molecule has 0 bridgehead atoms. The number of nitrogens with zero attached hydrogens (tertiary/aromatic N) is 1. The number of ether oxygens (including phenoxy) is 1. The van der Waals surface area contributed by atoms with Gasteiger partial charge in [0.25, 0.3) is 0 Å². The molecule has 0 heterocycles. The number of hydrogen-bond acceptors (Lipinski definition) is 4. The third kappa shape index (κ3) is 6.61. The Morgan fingerprint density at radius 3 is 2.50 bits per heavy atom. The zero-order chi connectivity index (χ0) is 15.0. The Bertz CT molecular complexity index is 480. The van der Waals surface area contributed by atoms with E-state index in [1.807, 2.05) is 5.32 Å². The lowest BCUT2D eigenvalue weighted by atomic mass is 10.3. The molecule has 8 heteroatoms. The summed E-state index contributed by atoms with van der Waals surface area (Å²) in [4.78, 5) is 11.3. The first-order valence-corrected chi connectivity index (χ1v) is 5.58. The Hall–Kier alpha value is -2.27. The molecule has 0 aliphatic carbocycles. The van der Waals surface area contributed by atoms with E-state index < -0.39 is 25.2 Å². The maximum Gasteiger partial charge on any atom is 0.401 e. The van der Waals surface area contributed by atoms with Gasteiger partial charge < -0.3 is 15.4 Å². The molecule has 0 fully saturated rings. The summed E-state index contributed by atoms with van der Waals surface area (Å²) in [6, 6.07) is 7.93. The highest BCUT2D eigenvalue weighted by Gasteiger charge is 2.26. The van der Waals surface area contributed by atoms with Crippen LogP contribution in [0.2, 0.25) is 0 Å². The van der Waals surface area contributed by atoms with E-state index in [2.05, 4.69) is 5.32 Å². The van der Waals surface area contributed by atoms with Crippen molar-refractivity contribution in [2.75, 3.05) is 25.0 Å². The highest BCUT2D eigenvalue weighted by Crippen LogP contribution is 2.15. The van der Waals surface area contributed by atoms with Crippen LogP contribution >= 0.6 is 0 Å². The van der Waals surface area contributed by atoms with Crippen molar-refractivity contribution in [3.05, 3.63) is 24.3 Å². The molecular formula is C12H12F3N3O2. The van der Waals surface area contributed by atoms with E-state index in [0.29, 0.717) is 11.4 Å². The van der Waals surface area contributed by atoms with E-state index in [4.69, 9.17) is 10.00 Å². The van der Waals surface area contributed by atoms with E-state index in [1.165, 1.54) is 24.3 Å². The van der Waals surface area contributed by atoms with Crippen molar-refractivity contribution in [3.8, 4) is 11.8 Å². The van der Waals surface area contributed by atoms with Crippen LogP contribution < -0.4 is 15.4 Å². The van der Waals surface area contributed by atoms with Crippen molar-refractivity contribution >= 4 is 11.6 Å². The molecule has 1 aromatic rings. The number of nitrogens with one attached hydrogen (secondary N) is 2. The van der Waals surface area contributed by atoms with E-state index >= 15 is 0 Å². The second kappa shape index (κ2) is 7.35. The number of anilines is 1. The van der Waals surface area contributed by atoms with Gasteiger partial charge in [0.15, 0.2) is 6.61 Å². The number of hydrogen-bond donors (Lipinski definition) is 2. The first kappa shape index (κ1) is 15.8. The third-order valence-corrected chi connectivity index (χ3v) is 2.05. The van der Waals surface area contributed by atoms with Crippen molar-refractivity contribution in [2.24, 2.45) is 0 Å². The number of alkyl halides is 3. The monoisotopic (exact) mass is 287 g/mol. The summed E-state index contributed by atoms with van der Waals surface area (Å²) in [6.07, 6.45) is -4.35. The third-order valence-electron chi connectivity index (χ3n) is 2.05. The second-order valence-electron chi connectivity index (χ2n) is 3.74. The number of amides is 1. The standard InChI is InChI=1S/C12H12F3N3O2/c13-12(14,15)8-17-7-11(19)18-9-1-3-10(4-2-9)20-6-5-16/h1-4,17H,6-8H2,(H,18,19). The van der Waals surface area contributed by atoms with Gasteiger partial charge in [-0.05, 0) is 24.3 Å². The van der Waals surface area contributed by atoms with Crippen LogP contribution in [0.3, 0.4) is 0 Å². The average molecular weight is 287 g/mol. The minimum absolute atomic E-state index is 0.0902. The molecule has 1 aromatic carbocycles. The van der Waals surface area contributed by atoms with Gasteiger partial charge in [-0.3, -0.25) is 4.79 Å². The Labute approximate surface area is 113 Å². The highest BCUT2D eigenvalue weighted by molar-refractivity contribution is 5.92. The molecule has 5 nitrogen and oxygen atoms in total. The predicted octanol–water partition coefficient (Wildman–Crippen LogP) is 1.68. The van der Waals surface area contributed by atoms with Crippen LogP contribution in [0, 0.1) is 11.3 Å². The molecule has 0 unspecified atom stereocenters. The number of carbonyl (C=O) groups is 1. The molecule has 1 amide bonds. The van der Waals surface area contributed by atoms with Crippen LogP contribution in [0.4, 0.5) is 18.9 Å². The summed E-state index contributed by atoms with van der Waals surface area (Å²) in [5, 5.41) is 12.7. The lowest BCUT2D eigenvalue weighted by molar-refractivity contribution is -0.126. The van der Waals surface area contributed by atoms with Gasteiger partial charge in [0, 0.05) is 5.69 Å². The molecule has 0 atom stereocenters. The van der Waals surface area contributed by atoms with E-state index in [0.717, 1.165) is 0 Å². The number of halogens is 3. The number of nitriles is 1. The first-order chi connectivity index (χ1) is 9.40. The fourth-order valence-corrected chi connectivity index (χ4v) is 1.27. The van der Waals surface area contributed by atoms with E-state index in [-0.39, 0.29) is 6.61 Å². The number of rotatable bonds is 6. The molecule has 0 spiro atoms. The molecule has 0 radical (unpaired) electrons. The minimum atomic E-state index is -4.35. The summed E-state index contributed by atoms with van der Waals surface area (Å²) in [7, 11) is 0. The molecule has 0 saturated carbocycles. The Balaban J connectivity index is 2.37. The van der Waals surface area contributed by atoms with Gasteiger partial charge in [-0.15, -0.1) is 0 Å². The molecule has 0 aromatic heterocycles. The molecule has 0 aliphatic heterocycles. The van der Waals surface area contributed by atoms with Gasteiger partial charge in [0.2, 0.25) is 5.91 Å². The Kier molecular flexibility index (Phi) is 5.80.